The number of anilines is 1. The maximum Gasteiger partial charge on any atom is 0.246 e. The third-order valence-corrected chi connectivity index (χ3v) is 6.71. The highest BCUT2D eigenvalue weighted by Gasteiger charge is 2.35. The minimum absolute atomic E-state index is 0.122. The van der Waals surface area contributed by atoms with Crippen LogP contribution in [0.3, 0.4) is 0 Å². The van der Waals surface area contributed by atoms with E-state index >= 15 is 0 Å². The summed E-state index contributed by atoms with van der Waals surface area (Å²) in [6.07, 6.45) is 1.59. The van der Waals surface area contributed by atoms with Gasteiger partial charge < -0.3 is 4.90 Å². The van der Waals surface area contributed by atoms with Gasteiger partial charge in [0.15, 0.2) is 0 Å². The van der Waals surface area contributed by atoms with Gasteiger partial charge in [-0.05, 0) is 31.0 Å². The van der Waals surface area contributed by atoms with Gasteiger partial charge in [-0.1, -0.05) is 55.0 Å². The fraction of sp³-hybridized carbons (Fsp3) is 0.435. The number of carbonyl (C=O) groups is 1. The summed E-state index contributed by atoms with van der Waals surface area (Å²) in [7, 11) is -3.60. The van der Waals surface area contributed by atoms with Crippen LogP contribution >= 0.6 is 0 Å². The lowest BCUT2D eigenvalue weighted by molar-refractivity contribution is -0.134. The topological polar surface area (TPSA) is 60.9 Å². The van der Waals surface area contributed by atoms with Gasteiger partial charge in [-0.3, -0.25) is 14.0 Å². The molecule has 3 rings (SSSR count). The number of carbonyl (C=O) groups excluding carboxylic acids is 1. The van der Waals surface area contributed by atoms with E-state index in [1.54, 1.807) is 12.1 Å². The first-order valence-corrected chi connectivity index (χ1v) is 12.3. The molecule has 1 aliphatic rings. The lowest BCUT2D eigenvalue weighted by Gasteiger charge is -2.39. The Kier molecular flexibility index (Phi) is 7.15. The summed E-state index contributed by atoms with van der Waals surface area (Å²) < 4.78 is 26.5. The number of nitrogens with zero attached hydrogens (tertiary/aromatic N) is 3. The summed E-state index contributed by atoms with van der Waals surface area (Å²) in [5.74, 6) is -0.122. The van der Waals surface area contributed by atoms with Crippen LogP contribution in [0.15, 0.2) is 54.6 Å². The van der Waals surface area contributed by atoms with E-state index in [1.165, 1.54) is 16.1 Å². The minimum atomic E-state index is -3.60. The van der Waals surface area contributed by atoms with Gasteiger partial charge >= 0.3 is 0 Å². The molecule has 0 saturated carbocycles. The first kappa shape index (κ1) is 22.3. The molecule has 162 valence electrons. The summed E-state index contributed by atoms with van der Waals surface area (Å²) in [5.41, 5.74) is 2.83. The van der Waals surface area contributed by atoms with Gasteiger partial charge in [0.25, 0.3) is 0 Å². The van der Waals surface area contributed by atoms with Crippen molar-refractivity contribution >= 4 is 21.6 Å². The molecule has 6 nitrogen and oxygen atoms in total. The third kappa shape index (κ3) is 5.40. The number of benzene rings is 2. The zero-order chi connectivity index (χ0) is 21.7. The highest BCUT2D eigenvalue weighted by molar-refractivity contribution is 7.92. The molecule has 0 radical (unpaired) electrons. The van der Waals surface area contributed by atoms with E-state index in [0.717, 1.165) is 25.2 Å². The van der Waals surface area contributed by atoms with Gasteiger partial charge in [-0.15, -0.1) is 0 Å². The van der Waals surface area contributed by atoms with Crippen LogP contribution in [-0.2, 0) is 21.4 Å². The molecule has 1 unspecified atom stereocenters. The molecule has 0 N–H and O–H groups in total. The smallest absolute Gasteiger partial charge is 0.246 e. The Hall–Kier alpha value is -2.38. The molecular weight excluding hydrogens is 398 g/mol. The van der Waals surface area contributed by atoms with Crippen LogP contribution in [0.2, 0.25) is 0 Å². The number of amides is 1. The highest BCUT2D eigenvalue weighted by atomic mass is 32.2. The number of piperazine rings is 1. The van der Waals surface area contributed by atoms with Crippen molar-refractivity contribution in [2.45, 2.75) is 32.9 Å². The van der Waals surface area contributed by atoms with Crippen molar-refractivity contribution < 1.29 is 13.2 Å². The molecule has 1 atom stereocenters. The Morgan fingerprint density at radius 3 is 2.13 bits per heavy atom. The number of rotatable bonds is 7. The first-order valence-electron chi connectivity index (χ1n) is 10.4. The van der Waals surface area contributed by atoms with E-state index in [2.05, 4.69) is 17.0 Å². The maximum absolute atomic E-state index is 13.3. The summed E-state index contributed by atoms with van der Waals surface area (Å²) in [6, 6.07) is 16.8. The van der Waals surface area contributed by atoms with Crippen molar-refractivity contribution in [3.8, 4) is 0 Å². The largest absolute Gasteiger partial charge is 0.338 e. The van der Waals surface area contributed by atoms with Crippen molar-refractivity contribution in [2.24, 2.45) is 0 Å². The number of hydrogen-bond donors (Lipinski definition) is 0. The first-order chi connectivity index (χ1) is 14.3. The van der Waals surface area contributed by atoms with Crippen LogP contribution in [0, 0.1) is 6.92 Å². The molecular formula is C23H31N3O3S. The van der Waals surface area contributed by atoms with Crippen LogP contribution in [0.1, 0.15) is 24.5 Å². The molecule has 0 bridgehead atoms. The Morgan fingerprint density at radius 2 is 1.60 bits per heavy atom. The van der Waals surface area contributed by atoms with Crippen LogP contribution in [-0.4, -0.2) is 62.6 Å². The Balaban J connectivity index is 1.71. The molecule has 1 aliphatic heterocycles. The molecule has 2 aromatic rings. The van der Waals surface area contributed by atoms with E-state index in [1.807, 2.05) is 49.1 Å². The molecule has 7 heteroatoms. The molecule has 30 heavy (non-hydrogen) atoms. The van der Waals surface area contributed by atoms with Gasteiger partial charge in [-0.25, -0.2) is 8.42 Å². The Morgan fingerprint density at radius 1 is 1.00 bits per heavy atom. The van der Waals surface area contributed by atoms with E-state index in [4.69, 9.17) is 0 Å². The summed E-state index contributed by atoms with van der Waals surface area (Å²) in [4.78, 5) is 17.5. The molecule has 1 saturated heterocycles. The average molecular weight is 430 g/mol. The van der Waals surface area contributed by atoms with Crippen LogP contribution < -0.4 is 4.31 Å². The predicted octanol–water partition coefficient (Wildman–Crippen LogP) is 2.88. The van der Waals surface area contributed by atoms with Crippen LogP contribution in [0.25, 0.3) is 0 Å². The number of aryl methyl sites for hydroxylation is 1. The lowest BCUT2D eigenvalue weighted by atomic mass is 10.1. The van der Waals surface area contributed by atoms with Gasteiger partial charge in [0, 0.05) is 32.7 Å². The second kappa shape index (κ2) is 9.62. The average Bonchev–Trinajstić information content (AvgIpc) is 2.73. The summed E-state index contributed by atoms with van der Waals surface area (Å²) in [6.45, 7) is 7.44. The van der Waals surface area contributed by atoms with Crippen molar-refractivity contribution in [2.75, 3.05) is 36.7 Å². The minimum Gasteiger partial charge on any atom is -0.338 e. The standard InChI is InChI=1S/C23H31N3O3S/c1-4-22(26(30(3,28)29)21-12-10-19(2)11-13-21)23(27)25-16-14-24(15-17-25)18-20-8-6-5-7-9-20/h5-13,22H,4,14-18H2,1-3H3. The molecule has 0 aromatic heterocycles. The van der Waals surface area contributed by atoms with Gasteiger partial charge in [0.1, 0.15) is 6.04 Å². The van der Waals surface area contributed by atoms with Gasteiger partial charge in [0.2, 0.25) is 15.9 Å². The fourth-order valence-corrected chi connectivity index (χ4v) is 5.12. The number of sulfonamides is 1. The SMILES string of the molecule is CCC(C(=O)N1CCN(Cc2ccccc2)CC1)N(c1ccc(C)cc1)S(C)(=O)=O. The Bertz CT molecular complexity index is 937. The normalized spacial score (nSPS) is 16.3. The van der Waals surface area contributed by atoms with E-state index in [0.29, 0.717) is 25.2 Å². The van der Waals surface area contributed by atoms with Crippen molar-refractivity contribution in [3.05, 3.63) is 65.7 Å². The monoisotopic (exact) mass is 429 g/mol. The van der Waals surface area contributed by atoms with Gasteiger partial charge in [-0.2, -0.15) is 0 Å². The fourth-order valence-electron chi connectivity index (χ4n) is 3.91. The molecule has 1 amide bonds. The molecule has 2 aromatic carbocycles. The van der Waals surface area contributed by atoms with Crippen LogP contribution in [0.5, 0.6) is 0 Å². The maximum atomic E-state index is 13.3. The quantitative estimate of drug-likeness (QED) is 0.679. The second-order valence-corrected chi connectivity index (χ2v) is 9.76. The molecule has 0 aliphatic carbocycles. The predicted molar refractivity (Wildman–Crippen MR) is 121 cm³/mol. The summed E-state index contributed by atoms with van der Waals surface area (Å²) in [5, 5.41) is 0. The lowest BCUT2D eigenvalue weighted by Crippen LogP contribution is -2.55. The highest BCUT2D eigenvalue weighted by Crippen LogP contribution is 2.24. The zero-order valence-electron chi connectivity index (χ0n) is 18.0. The molecule has 0 spiro atoms. The van der Waals surface area contributed by atoms with E-state index in [9.17, 15) is 13.2 Å². The molecule has 1 fully saturated rings. The third-order valence-electron chi connectivity index (χ3n) is 5.53. The number of hydrogen-bond acceptors (Lipinski definition) is 4. The second-order valence-electron chi connectivity index (χ2n) is 7.91. The van der Waals surface area contributed by atoms with Crippen molar-refractivity contribution in [1.29, 1.82) is 0 Å². The van der Waals surface area contributed by atoms with Crippen molar-refractivity contribution in [3.63, 3.8) is 0 Å². The summed E-state index contributed by atoms with van der Waals surface area (Å²) >= 11 is 0. The van der Waals surface area contributed by atoms with E-state index in [-0.39, 0.29) is 5.91 Å². The van der Waals surface area contributed by atoms with Crippen molar-refractivity contribution in [1.82, 2.24) is 9.80 Å². The van der Waals surface area contributed by atoms with Crippen LogP contribution in [0.4, 0.5) is 5.69 Å². The zero-order valence-corrected chi connectivity index (χ0v) is 18.8. The van der Waals surface area contributed by atoms with E-state index < -0.39 is 16.1 Å². The van der Waals surface area contributed by atoms with Gasteiger partial charge in [0.05, 0.1) is 11.9 Å². The Labute approximate surface area is 180 Å². The molecule has 1 heterocycles.